The lowest BCUT2D eigenvalue weighted by molar-refractivity contribution is -0.140. The third-order valence-corrected chi connectivity index (χ3v) is 4.35. The van der Waals surface area contributed by atoms with Gasteiger partial charge in [0.25, 0.3) is 0 Å². The summed E-state index contributed by atoms with van der Waals surface area (Å²) in [6.07, 6.45) is 15.7. The van der Waals surface area contributed by atoms with Crippen LogP contribution in [0.25, 0.3) is 0 Å². The molecular weight excluding hydrogens is 292 g/mol. The molecule has 0 aliphatic carbocycles. The van der Waals surface area contributed by atoms with Crippen molar-refractivity contribution in [1.82, 2.24) is 0 Å². The largest absolute Gasteiger partial charge is 0.469 e. The van der Waals surface area contributed by atoms with E-state index in [1.165, 1.54) is 39.2 Å². The highest BCUT2D eigenvalue weighted by atomic mass is 16.6. The summed E-state index contributed by atoms with van der Waals surface area (Å²) in [4.78, 5) is 11.0. The lowest BCUT2D eigenvalue weighted by Gasteiger charge is -2.03. The molecule has 0 aromatic rings. The summed E-state index contributed by atoms with van der Waals surface area (Å²) in [5, 5.41) is 9.82. The van der Waals surface area contributed by atoms with E-state index in [0.717, 1.165) is 32.1 Å². The minimum absolute atomic E-state index is 0.108. The number of carbonyl (C=O) groups is 1. The first kappa shape index (κ1) is 20.2. The molecule has 1 fully saturated rings. The molecule has 1 N–H and O–H groups in total. The fraction of sp³-hybridized carbons (Fsp3) is 0.842. The zero-order valence-electron chi connectivity index (χ0n) is 14.8. The molecule has 0 aromatic heterocycles. The van der Waals surface area contributed by atoms with E-state index < -0.39 is 0 Å². The molecule has 4 heteroatoms. The van der Waals surface area contributed by atoms with Crippen molar-refractivity contribution in [3.8, 4) is 0 Å². The molecule has 23 heavy (non-hydrogen) atoms. The molecule has 0 bridgehead atoms. The van der Waals surface area contributed by atoms with Gasteiger partial charge in [-0.15, -0.1) is 0 Å². The number of esters is 1. The molecule has 0 spiro atoms. The first-order chi connectivity index (χ1) is 11.2. The van der Waals surface area contributed by atoms with Crippen LogP contribution in [0.1, 0.15) is 77.6 Å². The highest BCUT2D eigenvalue weighted by Gasteiger charge is 2.35. The van der Waals surface area contributed by atoms with Gasteiger partial charge in [0, 0.05) is 6.42 Å². The first-order valence-corrected chi connectivity index (χ1v) is 9.26. The minimum Gasteiger partial charge on any atom is -0.469 e. The van der Waals surface area contributed by atoms with Gasteiger partial charge in [0.15, 0.2) is 0 Å². The van der Waals surface area contributed by atoms with Gasteiger partial charge in [-0.2, -0.15) is 0 Å². The summed E-state index contributed by atoms with van der Waals surface area (Å²) in [5.74, 6) is -0.108. The van der Waals surface area contributed by atoms with Crippen LogP contribution in [0.3, 0.4) is 0 Å². The molecule has 1 aliphatic heterocycles. The van der Waals surface area contributed by atoms with Crippen molar-refractivity contribution in [3.05, 3.63) is 12.2 Å². The van der Waals surface area contributed by atoms with Crippen LogP contribution in [0.5, 0.6) is 0 Å². The normalized spacial score (nSPS) is 21.5. The van der Waals surface area contributed by atoms with Gasteiger partial charge in [-0.1, -0.05) is 64.0 Å². The van der Waals surface area contributed by atoms with E-state index in [-0.39, 0.29) is 18.2 Å². The van der Waals surface area contributed by atoms with E-state index in [9.17, 15) is 9.90 Å². The van der Waals surface area contributed by atoms with Crippen LogP contribution in [0.2, 0.25) is 0 Å². The van der Waals surface area contributed by atoms with Gasteiger partial charge in [0.2, 0.25) is 0 Å². The number of hydrogen-bond donors (Lipinski definition) is 1. The number of methoxy groups -OCH3 is 1. The highest BCUT2D eigenvalue weighted by Crippen LogP contribution is 2.29. The van der Waals surface area contributed by atoms with Gasteiger partial charge in [-0.3, -0.25) is 4.79 Å². The summed E-state index contributed by atoms with van der Waals surface area (Å²) in [6.45, 7) is 2.17. The van der Waals surface area contributed by atoms with E-state index in [1.807, 2.05) is 12.2 Å². The number of unbranched alkanes of at least 4 members (excludes halogenated alkanes) is 6. The van der Waals surface area contributed by atoms with Crippen molar-refractivity contribution in [2.24, 2.45) is 0 Å². The Morgan fingerprint density at radius 2 is 1.91 bits per heavy atom. The van der Waals surface area contributed by atoms with Gasteiger partial charge < -0.3 is 14.6 Å². The Kier molecular flexibility index (Phi) is 11.0. The van der Waals surface area contributed by atoms with Gasteiger partial charge in [-0.05, 0) is 19.3 Å². The lowest BCUT2D eigenvalue weighted by atomic mass is 10.1. The maximum absolute atomic E-state index is 11.0. The molecule has 4 nitrogen and oxygen atoms in total. The zero-order chi connectivity index (χ0) is 16.9. The average molecular weight is 326 g/mol. The Labute approximate surface area is 141 Å². The predicted octanol–water partition coefficient (Wildman–Crippen LogP) is 4.15. The van der Waals surface area contributed by atoms with Crippen molar-refractivity contribution >= 4 is 5.97 Å². The maximum atomic E-state index is 11.0. The molecule has 3 atom stereocenters. The smallest absolute Gasteiger partial charge is 0.305 e. The van der Waals surface area contributed by atoms with Gasteiger partial charge in [0.05, 0.1) is 19.3 Å². The van der Waals surface area contributed by atoms with Crippen LogP contribution >= 0.6 is 0 Å². The van der Waals surface area contributed by atoms with E-state index in [4.69, 9.17) is 4.74 Å². The van der Waals surface area contributed by atoms with E-state index in [0.29, 0.717) is 12.5 Å². The predicted molar refractivity (Wildman–Crippen MR) is 92.3 cm³/mol. The summed E-state index contributed by atoms with van der Waals surface area (Å²) >= 11 is 0. The third kappa shape index (κ3) is 10.5. The molecule has 1 saturated heterocycles. The van der Waals surface area contributed by atoms with Crippen LogP contribution in [-0.2, 0) is 14.3 Å². The van der Waals surface area contributed by atoms with Crippen LogP contribution in [-0.4, -0.2) is 36.5 Å². The third-order valence-electron chi connectivity index (χ3n) is 4.35. The van der Waals surface area contributed by atoms with Crippen molar-refractivity contribution in [2.75, 3.05) is 7.11 Å². The van der Waals surface area contributed by atoms with E-state index >= 15 is 0 Å². The van der Waals surface area contributed by atoms with Crippen LogP contribution in [0.4, 0.5) is 0 Å². The van der Waals surface area contributed by atoms with E-state index in [2.05, 4.69) is 11.7 Å². The fourth-order valence-corrected chi connectivity index (χ4v) is 2.74. The zero-order valence-corrected chi connectivity index (χ0v) is 14.8. The topological polar surface area (TPSA) is 59.1 Å². The second kappa shape index (κ2) is 12.5. The molecule has 0 saturated carbocycles. The second-order valence-electron chi connectivity index (χ2n) is 6.47. The van der Waals surface area contributed by atoms with Crippen molar-refractivity contribution in [1.29, 1.82) is 0 Å². The maximum Gasteiger partial charge on any atom is 0.305 e. The fourth-order valence-electron chi connectivity index (χ4n) is 2.74. The molecule has 1 rings (SSSR count). The molecular formula is C19H34O4. The Balaban J connectivity index is 1.91. The number of epoxide rings is 1. The molecule has 0 amide bonds. The van der Waals surface area contributed by atoms with Crippen molar-refractivity contribution in [2.45, 2.75) is 95.9 Å². The molecule has 1 heterocycles. The summed E-state index contributed by atoms with van der Waals surface area (Å²) in [5.41, 5.74) is 0. The quantitative estimate of drug-likeness (QED) is 0.225. The first-order valence-electron chi connectivity index (χ1n) is 9.26. The van der Waals surface area contributed by atoms with Crippen molar-refractivity contribution < 1.29 is 19.4 Å². The second-order valence-corrected chi connectivity index (χ2v) is 6.47. The van der Waals surface area contributed by atoms with Crippen LogP contribution in [0, 0.1) is 0 Å². The Bertz CT molecular complexity index is 340. The van der Waals surface area contributed by atoms with Crippen LogP contribution < -0.4 is 0 Å². The number of rotatable bonds is 14. The monoisotopic (exact) mass is 326 g/mol. The minimum atomic E-state index is -0.318. The summed E-state index contributed by atoms with van der Waals surface area (Å²) in [7, 11) is 1.44. The van der Waals surface area contributed by atoms with Gasteiger partial charge in [0.1, 0.15) is 6.10 Å². The number of ether oxygens (including phenoxy) is 2. The SMILES string of the molecule is CCCCCC(O)C=CC1OC1CCCCCCCC(=O)OC. The van der Waals surface area contributed by atoms with Gasteiger partial charge in [-0.25, -0.2) is 0 Å². The molecule has 0 aromatic carbocycles. The van der Waals surface area contributed by atoms with Crippen LogP contribution in [0.15, 0.2) is 12.2 Å². The number of hydrogen-bond acceptors (Lipinski definition) is 4. The highest BCUT2D eigenvalue weighted by molar-refractivity contribution is 5.68. The standard InChI is InChI=1S/C19H34O4/c1-3-4-8-11-16(20)14-15-18-17(23-18)12-9-6-5-7-10-13-19(21)22-2/h14-18,20H,3-13H2,1-2H3. The summed E-state index contributed by atoms with van der Waals surface area (Å²) < 4.78 is 10.2. The Morgan fingerprint density at radius 3 is 2.65 bits per heavy atom. The number of aliphatic hydroxyl groups is 1. The molecule has 134 valence electrons. The molecule has 3 unspecified atom stereocenters. The molecule has 1 aliphatic rings. The number of carbonyl (C=O) groups excluding carboxylic acids is 1. The van der Waals surface area contributed by atoms with E-state index in [1.54, 1.807) is 0 Å². The summed E-state index contributed by atoms with van der Waals surface area (Å²) in [6, 6.07) is 0. The Morgan fingerprint density at radius 1 is 1.17 bits per heavy atom. The molecule has 0 radical (unpaired) electrons. The number of aliphatic hydroxyl groups excluding tert-OH is 1. The Hall–Kier alpha value is -0.870. The van der Waals surface area contributed by atoms with Gasteiger partial charge >= 0.3 is 5.97 Å². The lowest BCUT2D eigenvalue weighted by Crippen LogP contribution is -2.02. The average Bonchev–Trinajstić information content (AvgIpc) is 3.30. The van der Waals surface area contributed by atoms with Crippen molar-refractivity contribution in [3.63, 3.8) is 0 Å².